The molecule has 138 valence electrons. The molecule has 3 rings (SSSR count). The summed E-state index contributed by atoms with van der Waals surface area (Å²) in [4.78, 5) is 24.5. The Morgan fingerprint density at radius 2 is 2.23 bits per heavy atom. The fourth-order valence-electron chi connectivity index (χ4n) is 3.03. The third kappa shape index (κ3) is 4.76. The Kier molecular flexibility index (Phi) is 5.78. The minimum absolute atomic E-state index is 0.0972. The number of nitrogens with zero attached hydrogens (tertiary/aromatic N) is 4. The van der Waals surface area contributed by atoms with Gasteiger partial charge in [0.1, 0.15) is 11.6 Å². The van der Waals surface area contributed by atoms with E-state index >= 15 is 0 Å². The van der Waals surface area contributed by atoms with Gasteiger partial charge >= 0.3 is 0 Å². The average Bonchev–Trinajstić information content (AvgIpc) is 2.62. The van der Waals surface area contributed by atoms with E-state index in [1.807, 2.05) is 0 Å². The highest BCUT2D eigenvalue weighted by Crippen LogP contribution is 2.27. The van der Waals surface area contributed by atoms with E-state index in [-0.39, 0.29) is 17.6 Å². The number of hydrogen-bond acceptors (Lipinski definition) is 5. The number of ether oxygens (including phenoxy) is 1. The minimum Gasteiger partial charge on any atom is -0.437 e. The molecule has 1 aromatic heterocycles. The second-order valence-electron chi connectivity index (χ2n) is 6.70. The van der Waals surface area contributed by atoms with Crippen LogP contribution in [0.25, 0.3) is 0 Å². The summed E-state index contributed by atoms with van der Waals surface area (Å²) < 4.78 is 18.9. The molecule has 2 heterocycles. The van der Waals surface area contributed by atoms with Crippen molar-refractivity contribution in [2.45, 2.75) is 18.8 Å². The van der Waals surface area contributed by atoms with Crippen LogP contribution >= 0.6 is 0 Å². The van der Waals surface area contributed by atoms with Gasteiger partial charge in [-0.15, -0.1) is 0 Å². The van der Waals surface area contributed by atoms with E-state index in [0.717, 1.165) is 31.6 Å². The molecule has 1 atom stereocenters. The predicted octanol–water partition coefficient (Wildman–Crippen LogP) is 2.68. The molecule has 6 nitrogen and oxygen atoms in total. The van der Waals surface area contributed by atoms with Gasteiger partial charge in [-0.25, -0.2) is 9.37 Å². The van der Waals surface area contributed by atoms with Crippen LogP contribution in [0.1, 0.15) is 24.5 Å². The van der Waals surface area contributed by atoms with Crippen molar-refractivity contribution < 1.29 is 13.9 Å². The first-order valence-electron chi connectivity index (χ1n) is 8.69. The molecule has 0 radical (unpaired) electrons. The molecule has 0 N–H and O–H groups in total. The number of hydrogen-bond donors (Lipinski definition) is 0. The Labute approximate surface area is 152 Å². The molecule has 2 aromatic rings. The largest absolute Gasteiger partial charge is 0.437 e. The van der Waals surface area contributed by atoms with Gasteiger partial charge in [0, 0.05) is 38.8 Å². The van der Waals surface area contributed by atoms with Crippen molar-refractivity contribution in [1.29, 1.82) is 0 Å². The summed E-state index contributed by atoms with van der Waals surface area (Å²) in [5.41, 5.74) is 0.834. The van der Waals surface area contributed by atoms with Crippen LogP contribution in [0, 0.1) is 5.82 Å². The monoisotopic (exact) mass is 358 g/mol. The number of benzene rings is 1. The Balaban J connectivity index is 1.68. The molecule has 7 heteroatoms. The molecule has 0 saturated carbocycles. The molecule has 1 unspecified atom stereocenters. The van der Waals surface area contributed by atoms with Gasteiger partial charge in [-0.1, -0.05) is 6.07 Å². The normalized spacial score (nSPS) is 17.7. The first-order chi connectivity index (χ1) is 12.5. The Morgan fingerprint density at radius 1 is 1.38 bits per heavy atom. The van der Waals surface area contributed by atoms with E-state index in [1.165, 1.54) is 18.3 Å². The molecule has 26 heavy (non-hydrogen) atoms. The standard InChI is InChI=1S/C19H23FN4O2/c1-23(2)19(25)13-24-8-4-5-14(12-24)17-10-21-11-18(22-17)26-16-7-3-6-15(20)9-16/h3,6-7,9-11,14H,4-5,8,12-13H2,1-2H3. The zero-order valence-electron chi connectivity index (χ0n) is 15.1. The molecule has 0 spiro atoms. The van der Waals surface area contributed by atoms with Crippen molar-refractivity contribution in [3.8, 4) is 11.6 Å². The van der Waals surface area contributed by atoms with Gasteiger partial charge in [0.15, 0.2) is 0 Å². The molecule has 1 aromatic carbocycles. The molecular weight excluding hydrogens is 335 g/mol. The lowest BCUT2D eigenvalue weighted by Crippen LogP contribution is -2.41. The summed E-state index contributed by atoms with van der Waals surface area (Å²) in [7, 11) is 3.53. The summed E-state index contributed by atoms with van der Waals surface area (Å²) >= 11 is 0. The number of likely N-dealkylation sites (tertiary alicyclic amines) is 1. The van der Waals surface area contributed by atoms with Gasteiger partial charge < -0.3 is 9.64 Å². The maximum absolute atomic E-state index is 13.3. The number of likely N-dealkylation sites (N-methyl/N-ethyl adjacent to an activating group) is 1. The number of carbonyl (C=O) groups is 1. The SMILES string of the molecule is CN(C)C(=O)CN1CCCC(c2cncc(Oc3cccc(F)c3)n2)C1. The van der Waals surface area contributed by atoms with Crippen molar-refractivity contribution in [3.63, 3.8) is 0 Å². The van der Waals surface area contributed by atoms with Gasteiger partial charge in [-0.2, -0.15) is 0 Å². The van der Waals surface area contributed by atoms with Crippen LogP contribution in [0.15, 0.2) is 36.7 Å². The van der Waals surface area contributed by atoms with E-state index < -0.39 is 0 Å². The summed E-state index contributed by atoms with van der Waals surface area (Å²) in [6.45, 7) is 2.08. The molecule has 1 amide bonds. The van der Waals surface area contributed by atoms with E-state index in [9.17, 15) is 9.18 Å². The van der Waals surface area contributed by atoms with Crippen molar-refractivity contribution in [1.82, 2.24) is 19.8 Å². The fourth-order valence-corrected chi connectivity index (χ4v) is 3.03. The number of piperidine rings is 1. The Bertz CT molecular complexity index is 769. The van der Waals surface area contributed by atoms with Crippen LogP contribution in [0.5, 0.6) is 11.6 Å². The summed E-state index contributed by atoms with van der Waals surface area (Å²) in [5.74, 6) is 0.662. The Hall–Kier alpha value is -2.54. The van der Waals surface area contributed by atoms with Crippen LogP contribution in [0.3, 0.4) is 0 Å². The summed E-state index contributed by atoms with van der Waals surface area (Å²) in [6, 6.07) is 5.93. The molecule has 1 aliphatic heterocycles. The lowest BCUT2D eigenvalue weighted by Gasteiger charge is -2.32. The number of aromatic nitrogens is 2. The van der Waals surface area contributed by atoms with Crippen molar-refractivity contribution >= 4 is 5.91 Å². The van der Waals surface area contributed by atoms with E-state index in [0.29, 0.717) is 18.2 Å². The van der Waals surface area contributed by atoms with Gasteiger partial charge in [0.2, 0.25) is 11.8 Å². The second-order valence-corrected chi connectivity index (χ2v) is 6.70. The first kappa shape index (κ1) is 18.3. The van der Waals surface area contributed by atoms with Crippen LogP contribution in [0.4, 0.5) is 4.39 Å². The van der Waals surface area contributed by atoms with Crippen LogP contribution in [-0.4, -0.2) is 59.4 Å². The smallest absolute Gasteiger partial charge is 0.238 e. The van der Waals surface area contributed by atoms with Gasteiger partial charge in [-0.3, -0.25) is 14.7 Å². The zero-order chi connectivity index (χ0) is 18.5. The highest BCUT2D eigenvalue weighted by atomic mass is 19.1. The topological polar surface area (TPSA) is 58.6 Å². The van der Waals surface area contributed by atoms with E-state index in [2.05, 4.69) is 14.9 Å². The Morgan fingerprint density at radius 3 is 3.00 bits per heavy atom. The maximum atomic E-state index is 13.3. The minimum atomic E-state index is -0.361. The van der Waals surface area contributed by atoms with Crippen LogP contribution in [-0.2, 0) is 4.79 Å². The third-order valence-electron chi connectivity index (χ3n) is 4.43. The highest BCUT2D eigenvalue weighted by molar-refractivity contribution is 5.77. The average molecular weight is 358 g/mol. The zero-order valence-corrected chi connectivity index (χ0v) is 15.1. The quantitative estimate of drug-likeness (QED) is 0.822. The fraction of sp³-hybridized carbons (Fsp3) is 0.421. The molecular formula is C19H23FN4O2. The van der Waals surface area contributed by atoms with Crippen molar-refractivity contribution in [2.75, 3.05) is 33.7 Å². The van der Waals surface area contributed by atoms with Crippen molar-refractivity contribution in [2.24, 2.45) is 0 Å². The maximum Gasteiger partial charge on any atom is 0.238 e. The van der Waals surface area contributed by atoms with Crippen LogP contribution in [0.2, 0.25) is 0 Å². The molecule has 0 bridgehead atoms. The number of carbonyl (C=O) groups excluding carboxylic acids is 1. The highest BCUT2D eigenvalue weighted by Gasteiger charge is 2.24. The number of amides is 1. The number of rotatable bonds is 5. The first-order valence-corrected chi connectivity index (χ1v) is 8.69. The second kappa shape index (κ2) is 8.23. The number of halogens is 1. The summed E-state index contributed by atoms with van der Waals surface area (Å²) in [5, 5.41) is 0. The van der Waals surface area contributed by atoms with Crippen LogP contribution < -0.4 is 4.74 Å². The van der Waals surface area contributed by atoms with E-state index in [1.54, 1.807) is 37.3 Å². The molecule has 1 aliphatic rings. The predicted molar refractivity (Wildman–Crippen MR) is 95.6 cm³/mol. The lowest BCUT2D eigenvalue weighted by molar-refractivity contribution is -0.130. The summed E-state index contributed by atoms with van der Waals surface area (Å²) in [6.07, 6.45) is 5.25. The van der Waals surface area contributed by atoms with Gasteiger partial charge in [0.05, 0.1) is 18.4 Å². The lowest BCUT2D eigenvalue weighted by atomic mass is 9.95. The molecule has 1 fully saturated rings. The van der Waals surface area contributed by atoms with E-state index in [4.69, 9.17) is 4.74 Å². The van der Waals surface area contributed by atoms with Gasteiger partial charge in [0.25, 0.3) is 0 Å². The molecule has 1 saturated heterocycles. The molecule has 0 aliphatic carbocycles. The van der Waals surface area contributed by atoms with Crippen molar-refractivity contribution in [3.05, 3.63) is 48.2 Å². The third-order valence-corrected chi connectivity index (χ3v) is 4.43. The van der Waals surface area contributed by atoms with Gasteiger partial charge in [-0.05, 0) is 31.5 Å².